The number of halogens is 2. The standard InChI is InChI=1S/C43H59I2NO14/c1-10-41-18-29-36(40(8,52)39(5,6)7)43(29,53-9)37-42(41,22-44)34-27(17-31(41)46(45)19-26-11-12-26)13-14-30(35(34)60-37)59-38(51)57-25(4)56-32(49)15-16-33(50)58-28(20-54-23(2)47)21-55-24(3)48/h13-14,25-26,28-29,31,36-37,52H,10-12,15-22H2,1-9H3/t25?,29-,31?,36?,37-,40?,41-,42+,43+/m1/s1. The molecule has 0 saturated heterocycles. The molecule has 1 heterocycles. The average Bonchev–Trinajstić information content (AvgIpc) is 4.08. The van der Waals surface area contributed by atoms with Gasteiger partial charge in [0.25, 0.3) is 0 Å². The lowest BCUT2D eigenvalue weighted by Gasteiger charge is -2.62. The lowest BCUT2D eigenvalue weighted by atomic mass is 9.45. The van der Waals surface area contributed by atoms with Crippen molar-refractivity contribution in [1.29, 1.82) is 0 Å². The number of nitrogens with zero attached hydrogens (tertiary/aromatic N) is 1. The van der Waals surface area contributed by atoms with Crippen LogP contribution < -0.4 is 9.47 Å². The second-order valence-corrected chi connectivity index (χ2v) is 20.3. The Kier molecular flexibility index (Phi) is 13.8. The molecule has 0 radical (unpaired) electrons. The summed E-state index contributed by atoms with van der Waals surface area (Å²) >= 11 is 5.06. The van der Waals surface area contributed by atoms with E-state index in [0.29, 0.717) is 16.1 Å². The summed E-state index contributed by atoms with van der Waals surface area (Å²) in [5.74, 6) is -1.78. The van der Waals surface area contributed by atoms with E-state index in [4.69, 9.17) is 37.9 Å². The van der Waals surface area contributed by atoms with Gasteiger partial charge in [0.1, 0.15) is 24.9 Å². The van der Waals surface area contributed by atoms with Crippen LogP contribution in [0.25, 0.3) is 0 Å². The van der Waals surface area contributed by atoms with Crippen molar-refractivity contribution in [3.63, 3.8) is 0 Å². The third kappa shape index (κ3) is 8.35. The molecule has 3 fully saturated rings. The van der Waals surface area contributed by atoms with Crippen molar-refractivity contribution in [3.05, 3.63) is 23.3 Å². The molecule has 0 amide bonds. The van der Waals surface area contributed by atoms with Crippen LogP contribution in [-0.4, -0.2) is 105 Å². The van der Waals surface area contributed by atoms with Gasteiger partial charge in [-0.15, -0.1) is 0 Å². The molecule has 60 heavy (non-hydrogen) atoms. The van der Waals surface area contributed by atoms with E-state index >= 15 is 0 Å². The Hall–Kier alpha value is -2.49. The molecular formula is C43H59I2NO14. The Morgan fingerprint density at radius 3 is 2.13 bits per heavy atom. The van der Waals surface area contributed by atoms with Gasteiger partial charge in [0, 0.05) is 90.6 Å². The Bertz CT molecular complexity index is 1830. The van der Waals surface area contributed by atoms with Crippen LogP contribution >= 0.6 is 45.5 Å². The molecule has 1 aromatic carbocycles. The van der Waals surface area contributed by atoms with E-state index in [1.54, 1.807) is 13.2 Å². The molecule has 0 bridgehead atoms. The molecule has 0 aromatic heterocycles. The maximum Gasteiger partial charge on any atom is 0.517 e. The van der Waals surface area contributed by atoms with Gasteiger partial charge >= 0.3 is 30.0 Å². The highest BCUT2D eigenvalue weighted by molar-refractivity contribution is 14.1. The van der Waals surface area contributed by atoms with Gasteiger partial charge < -0.3 is 43.0 Å². The highest BCUT2D eigenvalue weighted by Gasteiger charge is 2.88. The maximum absolute atomic E-state index is 13.4. The quantitative estimate of drug-likeness (QED) is 0.0317. The van der Waals surface area contributed by atoms with Crippen molar-refractivity contribution in [3.8, 4) is 11.5 Å². The van der Waals surface area contributed by atoms with Crippen LogP contribution in [0.2, 0.25) is 0 Å². The summed E-state index contributed by atoms with van der Waals surface area (Å²) in [6.07, 6.45) is 0.114. The van der Waals surface area contributed by atoms with E-state index in [9.17, 15) is 29.1 Å². The Balaban J connectivity index is 1.20. The van der Waals surface area contributed by atoms with Crippen molar-refractivity contribution >= 4 is 75.5 Å². The Morgan fingerprint density at radius 1 is 0.983 bits per heavy atom. The lowest BCUT2D eigenvalue weighted by Crippen LogP contribution is -2.70. The second-order valence-electron chi connectivity index (χ2n) is 18.3. The van der Waals surface area contributed by atoms with Gasteiger partial charge in [-0.1, -0.05) is 56.4 Å². The van der Waals surface area contributed by atoms with Gasteiger partial charge in [-0.2, -0.15) is 0 Å². The van der Waals surface area contributed by atoms with E-state index in [1.807, 2.05) is 13.0 Å². The Labute approximate surface area is 379 Å². The first-order chi connectivity index (χ1) is 28.1. The molecule has 5 aliphatic rings. The summed E-state index contributed by atoms with van der Waals surface area (Å²) in [6, 6.07) is 3.94. The van der Waals surface area contributed by atoms with Gasteiger partial charge in [-0.3, -0.25) is 19.2 Å². The topological polar surface area (TPSA) is 183 Å². The predicted octanol–water partition coefficient (Wildman–Crippen LogP) is 6.56. The zero-order valence-electron chi connectivity index (χ0n) is 35.9. The molecule has 17 heteroatoms. The minimum atomic E-state index is -1.38. The highest BCUT2D eigenvalue weighted by atomic mass is 127. The average molecular weight is 1070 g/mol. The molecule has 3 saturated carbocycles. The van der Waals surface area contributed by atoms with Crippen LogP contribution in [0.15, 0.2) is 12.1 Å². The number of hydrogen-bond donors (Lipinski definition) is 1. The third-order valence-electron chi connectivity index (χ3n) is 13.9. The fourth-order valence-electron chi connectivity index (χ4n) is 10.5. The number of methoxy groups -OCH3 is 1. The van der Waals surface area contributed by atoms with Crippen LogP contribution in [0.5, 0.6) is 11.5 Å². The van der Waals surface area contributed by atoms with Gasteiger partial charge in [0.15, 0.2) is 17.6 Å². The Morgan fingerprint density at radius 2 is 1.60 bits per heavy atom. The number of benzene rings is 1. The zero-order chi connectivity index (χ0) is 44.2. The van der Waals surface area contributed by atoms with E-state index in [-0.39, 0.29) is 42.3 Å². The first-order valence-corrected chi connectivity index (χ1v) is 23.3. The molecule has 334 valence electrons. The van der Waals surface area contributed by atoms with Gasteiger partial charge in [0.2, 0.25) is 6.29 Å². The van der Waals surface area contributed by atoms with Gasteiger partial charge in [0.05, 0.1) is 23.9 Å². The van der Waals surface area contributed by atoms with Gasteiger partial charge in [-0.25, -0.2) is 7.91 Å². The number of fused-ring (bicyclic) bond motifs is 2. The van der Waals surface area contributed by atoms with Crippen LogP contribution in [-0.2, 0) is 59.4 Å². The van der Waals surface area contributed by atoms with E-state index in [0.717, 1.165) is 36.9 Å². The molecule has 1 aromatic rings. The predicted molar refractivity (Wildman–Crippen MR) is 232 cm³/mol. The number of rotatable bonds is 18. The normalized spacial score (nSPS) is 29.9. The summed E-state index contributed by atoms with van der Waals surface area (Å²) in [7, 11) is 1.73. The summed E-state index contributed by atoms with van der Waals surface area (Å²) in [5, 5.41) is 12.4. The first-order valence-electron chi connectivity index (χ1n) is 20.8. The monoisotopic (exact) mass is 1070 g/mol. The zero-order valence-corrected chi connectivity index (χ0v) is 40.2. The van der Waals surface area contributed by atoms with Gasteiger partial charge in [-0.05, 0) is 62.0 Å². The summed E-state index contributed by atoms with van der Waals surface area (Å²) in [6.45, 7) is 14.4. The molecule has 6 rings (SSSR count). The highest BCUT2D eigenvalue weighted by Crippen LogP contribution is 2.80. The molecule has 15 nitrogen and oxygen atoms in total. The van der Waals surface area contributed by atoms with Crippen molar-refractivity contribution < 1.29 is 67.0 Å². The van der Waals surface area contributed by atoms with E-state index < -0.39 is 83.4 Å². The fourth-order valence-corrected chi connectivity index (χ4v) is 13.3. The summed E-state index contributed by atoms with van der Waals surface area (Å²) < 4.78 is 48.5. The minimum absolute atomic E-state index is 0.0245. The van der Waals surface area contributed by atoms with Crippen LogP contribution in [0, 0.1) is 28.6 Å². The second kappa shape index (κ2) is 17.6. The summed E-state index contributed by atoms with van der Waals surface area (Å²) in [5.41, 5.74) is -1.01. The first kappa shape index (κ1) is 47.0. The number of aliphatic hydroxyl groups is 1. The number of esters is 4. The maximum atomic E-state index is 13.4. The number of carbonyl (C=O) groups excluding carboxylic acids is 5. The summed E-state index contributed by atoms with van der Waals surface area (Å²) in [4.78, 5) is 60.9. The fraction of sp³-hybridized carbons (Fsp3) is 0.744. The van der Waals surface area contributed by atoms with Crippen LogP contribution in [0.4, 0.5) is 4.79 Å². The van der Waals surface area contributed by atoms with Crippen molar-refractivity contribution in [2.24, 2.45) is 28.6 Å². The van der Waals surface area contributed by atoms with Crippen molar-refractivity contribution in [1.82, 2.24) is 3.11 Å². The number of ether oxygens (including phenoxy) is 8. The third-order valence-corrected chi connectivity index (χ3v) is 16.2. The van der Waals surface area contributed by atoms with Crippen molar-refractivity contribution in [2.75, 3.05) is 31.3 Å². The number of carbonyl (C=O) groups is 5. The lowest BCUT2D eigenvalue weighted by molar-refractivity contribution is -0.171. The SMILES string of the molecule is CC[C@]12C[C@@H]3C(C(C)(O)C(C)(C)C)[C@]3(OC)[C@@H]3Oc4c(OC(=O)OC(C)OC(=O)CCC(=O)OC(COC(C)=O)COC(C)=O)ccc(c4[C@@]31CI)CC2N(I)CC1CC1. The molecule has 4 unspecified atom stereocenters. The van der Waals surface area contributed by atoms with E-state index in [1.165, 1.54) is 33.6 Å². The molecule has 1 aliphatic heterocycles. The molecule has 9 atom stereocenters. The molecule has 4 aliphatic carbocycles. The minimum Gasteiger partial charge on any atom is -0.482 e. The van der Waals surface area contributed by atoms with Crippen LogP contribution in [0.3, 0.4) is 0 Å². The molecule has 0 spiro atoms. The van der Waals surface area contributed by atoms with Crippen LogP contribution in [0.1, 0.15) is 105 Å². The molecule has 1 N–H and O–H groups in total. The van der Waals surface area contributed by atoms with E-state index in [2.05, 4.69) is 76.3 Å². The smallest absolute Gasteiger partial charge is 0.482 e. The molecular weight excluding hydrogens is 1010 g/mol. The number of hydrogen-bond acceptors (Lipinski definition) is 15. The number of alkyl halides is 1. The largest absolute Gasteiger partial charge is 0.517 e. The van der Waals surface area contributed by atoms with Crippen molar-refractivity contribution in [2.45, 2.75) is 141 Å².